The monoisotopic (exact) mass is 203 g/mol. The summed E-state index contributed by atoms with van der Waals surface area (Å²) in [5.74, 6) is -0.458. The van der Waals surface area contributed by atoms with Crippen LogP contribution in [0.3, 0.4) is 0 Å². The van der Waals surface area contributed by atoms with Gasteiger partial charge in [0.1, 0.15) is 12.3 Å². The molecule has 3 N–H and O–H groups in total. The van der Waals surface area contributed by atoms with E-state index in [1.807, 2.05) is 0 Å². The highest BCUT2D eigenvalue weighted by Gasteiger charge is 2.12. The normalized spacial score (nSPS) is 14.2. The molecular formula is C7H13N3O2S. The summed E-state index contributed by atoms with van der Waals surface area (Å²) in [5.41, 5.74) is 5.27. The van der Waals surface area contributed by atoms with Crippen molar-refractivity contribution < 1.29 is 9.00 Å². The summed E-state index contributed by atoms with van der Waals surface area (Å²) in [5, 5.41) is 10.3. The minimum absolute atomic E-state index is 0.0486. The highest BCUT2D eigenvalue weighted by atomic mass is 32.2. The van der Waals surface area contributed by atoms with Crippen LogP contribution in [0.4, 0.5) is 0 Å². The van der Waals surface area contributed by atoms with Crippen molar-refractivity contribution in [1.29, 1.82) is 5.26 Å². The van der Waals surface area contributed by atoms with E-state index < -0.39 is 10.8 Å². The van der Waals surface area contributed by atoms with Gasteiger partial charge >= 0.3 is 0 Å². The van der Waals surface area contributed by atoms with Crippen molar-refractivity contribution in [3.05, 3.63) is 0 Å². The van der Waals surface area contributed by atoms with Gasteiger partial charge in [0.05, 0.1) is 6.07 Å². The van der Waals surface area contributed by atoms with Gasteiger partial charge in [-0.05, 0) is 6.92 Å². The summed E-state index contributed by atoms with van der Waals surface area (Å²) in [6.07, 6.45) is 0. The molecule has 0 aliphatic carbocycles. The summed E-state index contributed by atoms with van der Waals surface area (Å²) in [7, 11) is -1.24. The Morgan fingerprint density at radius 1 is 1.77 bits per heavy atom. The van der Waals surface area contributed by atoms with Crippen molar-refractivity contribution in [2.24, 2.45) is 5.73 Å². The van der Waals surface area contributed by atoms with Crippen LogP contribution in [0.5, 0.6) is 0 Å². The molecule has 0 fully saturated rings. The van der Waals surface area contributed by atoms with E-state index in [1.165, 1.54) is 0 Å². The maximum Gasteiger partial charge on any atom is 0.233 e. The molecule has 0 bridgehead atoms. The van der Waals surface area contributed by atoms with Gasteiger partial charge < -0.3 is 11.1 Å². The Labute approximate surface area is 79.7 Å². The molecule has 0 aromatic rings. The van der Waals surface area contributed by atoms with E-state index in [4.69, 9.17) is 11.0 Å². The first-order valence-corrected chi connectivity index (χ1v) is 5.21. The number of carbonyl (C=O) groups excluding carboxylic acids is 1. The van der Waals surface area contributed by atoms with Crippen molar-refractivity contribution in [1.82, 2.24) is 5.32 Å². The smallest absolute Gasteiger partial charge is 0.233 e. The molecule has 0 rings (SSSR count). The summed E-state index contributed by atoms with van der Waals surface area (Å²) >= 11 is 0. The second kappa shape index (κ2) is 6.57. The predicted octanol–water partition coefficient (Wildman–Crippen LogP) is -1.28. The third kappa shape index (κ3) is 5.33. The first kappa shape index (κ1) is 12.1. The molecule has 0 spiro atoms. The summed E-state index contributed by atoms with van der Waals surface area (Å²) in [6.45, 7) is 1.96. The molecule has 0 radical (unpaired) electrons. The Kier molecular flexibility index (Phi) is 6.10. The fourth-order valence-corrected chi connectivity index (χ4v) is 1.43. The van der Waals surface area contributed by atoms with Crippen molar-refractivity contribution >= 4 is 16.7 Å². The Bertz CT molecular complexity index is 236. The van der Waals surface area contributed by atoms with E-state index in [0.29, 0.717) is 0 Å². The van der Waals surface area contributed by atoms with Crippen LogP contribution in [0.25, 0.3) is 0 Å². The van der Waals surface area contributed by atoms with Crippen molar-refractivity contribution in [3.63, 3.8) is 0 Å². The fraction of sp³-hybridized carbons (Fsp3) is 0.714. The van der Waals surface area contributed by atoms with Crippen LogP contribution >= 0.6 is 0 Å². The third-order valence-electron chi connectivity index (χ3n) is 1.42. The lowest BCUT2D eigenvalue weighted by Crippen LogP contribution is -2.33. The molecule has 0 aromatic heterocycles. The lowest BCUT2D eigenvalue weighted by molar-refractivity contribution is -0.118. The zero-order chi connectivity index (χ0) is 10.3. The standard InChI is InChI=1S/C7H13N3O2S/c1-6(4-9)13(12)5-7(11)10-3-2-8/h6H,3-5,9H2,1H3,(H,10,11). The molecule has 2 atom stereocenters. The van der Waals surface area contributed by atoms with Crippen LogP contribution in [-0.2, 0) is 15.6 Å². The Balaban J connectivity index is 3.79. The summed E-state index contributed by atoms with van der Waals surface area (Å²) in [6, 6.07) is 1.76. The maximum absolute atomic E-state index is 11.2. The quantitative estimate of drug-likeness (QED) is 0.544. The van der Waals surface area contributed by atoms with E-state index in [0.717, 1.165) is 0 Å². The van der Waals surface area contributed by atoms with Gasteiger partial charge in [-0.1, -0.05) is 0 Å². The van der Waals surface area contributed by atoms with Gasteiger partial charge in [-0.25, -0.2) is 0 Å². The van der Waals surface area contributed by atoms with Crippen LogP contribution in [0.2, 0.25) is 0 Å². The van der Waals surface area contributed by atoms with Crippen molar-refractivity contribution in [3.8, 4) is 6.07 Å². The van der Waals surface area contributed by atoms with Gasteiger partial charge in [-0.2, -0.15) is 5.26 Å². The molecule has 74 valence electrons. The molecule has 0 aliphatic rings. The Morgan fingerprint density at radius 2 is 2.38 bits per heavy atom. The summed E-state index contributed by atoms with van der Waals surface area (Å²) < 4.78 is 11.2. The van der Waals surface area contributed by atoms with Crippen LogP contribution in [-0.4, -0.2) is 34.2 Å². The minimum atomic E-state index is -1.24. The number of hydrogen-bond donors (Lipinski definition) is 2. The average molecular weight is 203 g/mol. The van der Waals surface area contributed by atoms with Gasteiger partial charge in [0.15, 0.2) is 0 Å². The van der Waals surface area contributed by atoms with Crippen LogP contribution in [0.15, 0.2) is 0 Å². The second-order valence-electron chi connectivity index (χ2n) is 2.51. The highest BCUT2D eigenvalue weighted by Crippen LogP contribution is 1.92. The number of nitrogens with one attached hydrogen (secondary N) is 1. The van der Waals surface area contributed by atoms with E-state index in [9.17, 15) is 9.00 Å². The van der Waals surface area contributed by atoms with Gasteiger partial charge in [0.2, 0.25) is 5.91 Å². The van der Waals surface area contributed by atoms with E-state index in [1.54, 1.807) is 13.0 Å². The third-order valence-corrected chi connectivity index (χ3v) is 3.06. The fourth-order valence-electron chi connectivity index (χ4n) is 0.568. The number of nitrogens with two attached hydrogens (primary N) is 1. The molecule has 0 heterocycles. The number of hydrogen-bond acceptors (Lipinski definition) is 4. The minimum Gasteiger partial charge on any atom is -0.342 e. The number of rotatable bonds is 5. The molecule has 5 nitrogen and oxygen atoms in total. The molecule has 0 aromatic carbocycles. The topological polar surface area (TPSA) is 96.0 Å². The van der Waals surface area contributed by atoms with E-state index >= 15 is 0 Å². The van der Waals surface area contributed by atoms with Crippen LogP contribution in [0, 0.1) is 11.3 Å². The highest BCUT2D eigenvalue weighted by molar-refractivity contribution is 7.86. The zero-order valence-corrected chi connectivity index (χ0v) is 8.26. The van der Waals surface area contributed by atoms with E-state index in [-0.39, 0.29) is 30.0 Å². The largest absolute Gasteiger partial charge is 0.342 e. The zero-order valence-electron chi connectivity index (χ0n) is 7.45. The molecule has 0 saturated carbocycles. The number of nitriles is 1. The predicted molar refractivity (Wildman–Crippen MR) is 50.1 cm³/mol. The number of carbonyl (C=O) groups is 1. The first-order chi connectivity index (χ1) is 6.11. The Morgan fingerprint density at radius 3 is 2.85 bits per heavy atom. The van der Waals surface area contributed by atoms with Crippen LogP contribution in [0.1, 0.15) is 6.92 Å². The molecule has 1 amide bonds. The molecule has 0 aliphatic heterocycles. The molecule has 6 heteroatoms. The molecule has 0 saturated heterocycles. The lowest BCUT2D eigenvalue weighted by atomic mass is 10.5. The summed E-state index contributed by atoms with van der Waals surface area (Å²) in [4.78, 5) is 10.9. The van der Waals surface area contributed by atoms with Crippen molar-refractivity contribution in [2.45, 2.75) is 12.2 Å². The van der Waals surface area contributed by atoms with Gasteiger partial charge in [0, 0.05) is 22.6 Å². The van der Waals surface area contributed by atoms with Gasteiger partial charge in [-0.3, -0.25) is 9.00 Å². The molecule has 13 heavy (non-hydrogen) atoms. The molecular weight excluding hydrogens is 190 g/mol. The number of nitrogens with zero attached hydrogens (tertiary/aromatic N) is 1. The SMILES string of the molecule is CC(CN)S(=O)CC(=O)NCC#N. The lowest BCUT2D eigenvalue weighted by Gasteiger charge is -2.07. The van der Waals surface area contributed by atoms with Gasteiger partial charge in [-0.15, -0.1) is 0 Å². The average Bonchev–Trinajstić information content (AvgIpc) is 2.13. The maximum atomic E-state index is 11.2. The first-order valence-electron chi connectivity index (χ1n) is 3.82. The van der Waals surface area contributed by atoms with Gasteiger partial charge in [0.25, 0.3) is 0 Å². The van der Waals surface area contributed by atoms with Crippen LogP contribution < -0.4 is 11.1 Å². The van der Waals surface area contributed by atoms with E-state index in [2.05, 4.69) is 5.32 Å². The number of amides is 1. The molecule has 2 unspecified atom stereocenters. The van der Waals surface area contributed by atoms with Crippen molar-refractivity contribution in [2.75, 3.05) is 18.8 Å². The Hall–Kier alpha value is -0.930. The second-order valence-corrected chi connectivity index (χ2v) is 4.36.